The molecule has 6 aliphatic rings. The number of carbonyl (C=O) groups is 2. The van der Waals surface area contributed by atoms with E-state index in [9.17, 15) is 9.59 Å². The molecular formula is C26H43N3O3. The number of nitrogens with zero attached hydrogens (tertiary/aromatic N) is 2. The van der Waals surface area contributed by atoms with E-state index in [2.05, 4.69) is 10.2 Å². The third-order valence-corrected chi connectivity index (χ3v) is 8.84. The molecule has 2 amide bonds. The Hall–Kier alpha value is -1.30. The summed E-state index contributed by atoms with van der Waals surface area (Å²) in [7, 11) is 0. The third-order valence-electron chi connectivity index (χ3n) is 8.84. The second-order valence-electron chi connectivity index (χ2n) is 12.8. The van der Waals surface area contributed by atoms with Crippen LogP contribution in [0.1, 0.15) is 85.0 Å². The summed E-state index contributed by atoms with van der Waals surface area (Å²) in [5, 5.41) is 3.60. The topological polar surface area (TPSA) is 61.9 Å². The van der Waals surface area contributed by atoms with Crippen molar-refractivity contribution in [3.8, 4) is 0 Å². The molecule has 5 saturated carbocycles. The van der Waals surface area contributed by atoms with Gasteiger partial charge in [0.1, 0.15) is 11.6 Å². The Kier molecular flexibility index (Phi) is 5.96. The van der Waals surface area contributed by atoms with E-state index in [1.54, 1.807) is 4.90 Å². The van der Waals surface area contributed by atoms with E-state index in [1.807, 2.05) is 20.8 Å². The van der Waals surface area contributed by atoms with Crippen molar-refractivity contribution in [1.82, 2.24) is 15.1 Å². The largest absolute Gasteiger partial charge is 0.444 e. The maximum absolute atomic E-state index is 13.8. The van der Waals surface area contributed by atoms with Gasteiger partial charge in [0.15, 0.2) is 0 Å². The molecular weight excluding hydrogens is 402 g/mol. The highest BCUT2D eigenvalue weighted by Crippen LogP contribution is 2.55. The third kappa shape index (κ3) is 4.80. The normalized spacial score (nSPS) is 37.7. The first kappa shape index (κ1) is 22.5. The Labute approximate surface area is 193 Å². The lowest BCUT2D eigenvalue weighted by molar-refractivity contribution is -0.134. The first-order valence-corrected chi connectivity index (χ1v) is 13.2. The van der Waals surface area contributed by atoms with Gasteiger partial charge in [-0.3, -0.25) is 9.69 Å². The van der Waals surface area contributed by atoms with Gasteiger partial charge in [0.2, 0.25) is 5.91 Å². The molecule has 0 aromatic carbocycles. The summed E-state index contributed by atoms with van der Waals surface area (Å²) >= 11 is 0. The maximum Gasteiger partial charge on any atom is 0.410 e. The lowest BCUT2D eigenvalue weighted by Crippen LogP contribution is -2.66. The van der Waals surface area contributed by atoms with Crippen molar-refractivity contribution in [2.75, 3.05) is 26.2 Å². The number of nitrogens with one attached hydrogen (secondary N) is 1. The van der Waals surface area contributed by atoms with Gasteiger partial charge in [-0.1, -0.05) is 12.8 Å². The van der Waals surface area contributed by atoms with Crippen LogP contribution in [0, 0.1) is 23.7 Å². The number of piperazine rings is 1. The van der Waals surface area contributed by atoms with Crippen LogP contribution in [0.3, 0.4) is 0 Å². The summed E-state index contributed by atoms with van der Waals surface area (Å²) in [5.41, 5.74) is -0.506. The van der Waals surface area contributed by atoms with Gasteiger partial charge < -0.3 is 15.0 Å². The van der Waals surface area contributed by atoms with Crippen LogP contribution in [0.2, 0.25) is 0 Å². The first-order chi connectivity index (χ1) is 15.2. The minimum atomic E-state index is -0.519. The molecule has 4 bridgehead atoms. The SMILES string of the molecule is CC(C)(C)OC(=O)N1CCN(CC2CCCC2)[C@@H](C(=O)NC23CC4CC(CC(C4)C2)C3)C1. The van der Waals surface area contributed by atoms with Gasteiger partial charge in [0.25, 0.3) is 0 Å². The van der Waals surface area contributed by atoms with Gasteiger partial charge in [0.05, 0.1) is 0 Å². The van der Waals surface area contributed by atoms with Crippen LogP contribution >= 0.6 is 0 Å². The van der Waals surface area contributed by atoms with Crippen LogP contribution < -0.4 is 5.32 Å². The van der Waals surface area contributed by atoms with Gasteiger partial charge in [-0.15, -0.1) is 0 Å². The smallest absolute Gasteiger partial charge is 0.410 e. The fourth-order valence-corrected chi connectivity index (χ4v) is 7.91. The molecule has 6 fully saturated rings. The molecule has 0 aromatic rings. The average molecular weight is 446 g/mol. The highest BCUT2D eigenvalue weighted by Gasteiger charge is 2.52. The Morgan fingerprint density at radius 1 is 0.969 bits per heavy atom. The molecule has 1 saturated heterocycles. The van der Waals surface area contributed by atoms with Crippen molar-refractivity contribution in [1.29, 1.82) is 0 Å². The first-order valence-electron chi connectivity index (χ1n) is 13.2. The number of hydrogen-bond donors (Lipinski definition) is 1. The second-order valence-corrected chi connectivity index (χ2v) is 12.8. The summed E-state index contributed by atoms with van der Waals surface area (Å²) in [5.74, 6) is 3.26. The van der Waals surface area contributed by atoms with Crippen molar-refractivity contribution in [2.45, 2.75) is 102 Å². The van der Waals surface area contributed by atoms with E-state index in [0.717, 1.165) is 50.1 Å². The summed E-state index contributed by atoms with van der Waals surface area (Å²) in [6.07, 6.45) is 12.5. The zero-order valence-corrected chi connectivity index (χ0v) is 20.4. The van der Waals surface area contributed by atoms with E-state index in [4.69, 9.17) is 4.74 Å². The highest BCUT2D eigenvalue weighted by molar-refractivity contribution is 5.84. The molecule has 1 heterocycles. The molecule has 0 aromatic heterocycles. The predicted octanol–water partition coefficient (Wildman–Crippen LogP) is 4.18. The van der Waals surface area contributed by atoms with E-state index >= 15 is 0 Å². The zero-order valence-electron chi connectivity index (χ0n) is 20.4. The van der Waals surface area contributed by atoms with Crippen LogP contribution in [0.5, 0.6) is 0 Å². The number of hydrogen-bond acceptors (Lipinski definition) is 4. The number of rotatable bonds is 4. The molecule has 1 aliphatic heterocycles. The second kappa shape index (κ2) is 8.48. The molecule has 6 heteroatoms. The van der Waals surface area contributed by atoms with Crippen LogP contribution in [-0.2, 0) is 9.53 Å². The minimum absolute atomic E-state index is 0.0130. The van der Waals surface area contributed by atoms with Crippen molar-refractivity contribution in [2.24, 2.45) is 23.7 Å². The molecule has 32 heavy (non-hydrogen) atoms. The van der Waals surface area contributed by atoms with Crippen LogP contribution in [0.15, 0.2) is 0 Å². The summed E-state index contributed by atoms with van der Waals surface area (Å²) < 4.78 is 5.64. The quantitative estimate of drug-likeness (QED) is 0.705. The van der Waals surface area contributed by atoms with Crippen LogP contribution in [0.4, 0.5) is 4.79 Å². The zero-order chi connectivity index (χ0) is 22.5. The Balaban J connectivity index is 1.29. The number of amides is 2. The molecule has 1 atom stereocenters. The fraction of sp³-hybridized carbons (Fsp3) is 0.923. The van der Waals surface area contributed by atoms with E-state index in [-0.39, 0.29) is 23.6 Å². The summed E-state index contributed by atoms with van der Waals surface area (Å²) in [4.78, 5) is 30.7. The predicted molar refractivity (Wildman–Crippen MR) is 124 cm³/mol. The molecule has 5 aliphatic carbocycles. The number of carbonyl (C=O) groups excluding carboxylic acids is 2. The van der Waals surface area contributed by atoms with E-state index < -0.39 is 5.60 Å². The van der Waals surface area contributed by atoms with Gasteiger partial charge >= 0.3 is 6.09 Å². The Morgan fingerprint density at radius 3 is 2.12 bits per heavy atom. The van der Waals surface area contributed by atoms with Crippen molar-refractivity contribution in [3.63, 3.8) is 0 Å². The molecule has 0 spiro atoms. The fourth-order valence-electron chi connectivity index (χ4n) is 7.91. The lowest BCUT2D eigenvalue weighted by Gasteiger charge is -2.57. The molecule has 6 nitrogen and oxygen atoms in total. The number of ether oxygens (including phenoxy) is 1. The van der Waals surface area contributed by atoms with Gasteiger partial charge in [-0.2, -0.15) is 0 Å². The van der Waals surface area contributed by atoms with Crippen molar-refractivity contribution >= 4 is 12.0 Å². The molecule has 1 N–H and O–H groups in total. The molecule has 180 valence electrons. The highest BCUT2D eigenvalue weighted by atomic mass is 16.6. The Bertz CT molecular complexity index is 689. The minimum Gasteiger partial charge on any atom is -0.444 e. The van der Waals surface area contributed by atoms with Crippen LogP contribution in [-0.4, -0.2) is 65.2 Å². The van der Waals surface area contributed by atoms with E-state index in [0.29, 0.717) is 19.0 Å². The van der Waals surface area contributed by atoms with Gasteiger partial charge in [0, 0.05) is 31.7 Å². The monoisotopic (exact) mass is 445 g/mol. The molecule has 0 unspecified atom stereocenters. The standard InChI is InChI=1S/C26H43N3O3/c1-25(2,3)32-24(31)29-9-8-28(16-18-6-4-5-7-18)22(17-29)23(30)27-26-13-19-10-20(14-26)12-21(11-19)15-26/h18-22H,4-17H2,1-3H3,(H,27,30)/t19?,20?,21?,22-,26?/m1/s1. The Morgan fingerprint density at radius 2 is 1.56 bits per heavy atom. The van der Waals surface area contributed by atoms with Crippen molar-refractivity contribution in [3.05, 3.63) is 0 Å². The average Bonchev–Trinajstić information content (AvgIpc) is 3.18. The van der Waals surface area contributed by atoms with E-state index in [1.165, 1.54) is 44.9 Å². The lowest BCUT2D eigenvalue weighted by atomic mass is 9.53. The maximum atomic E-state index is 13.8. The summed E-state index contributed by atoms with van der Waals surface area (Å²) in [6.45, 7) is 8.54. The van der Waals surface area contributed by atoms with Crippen molar-refractivity contribution < 1.29 is 14.3 Å². The molecule has 0 radical (unpaired) electrons. The van der Waals surface area contributed by atoms with Crippen LogP contribution in [0.25, 0.3) is 0 Å². The van der Waals surface area contributed by atoms with Gasteiger partial charge in [-0.25, -0.2) is 4.79 Å². The summed E-state index contributed by atoms with van der Waals surface area (Å²) in [6, 6.07) is -0.259. The molecule has 6 rings (SSSR count). The van der Waals surface area contributed by atoms with Gasteiger partial charge in [-0.05, 0) is 95.8 Å².